The van der Waals surface area contributed by atoms with Gasteiger partial charge in [-0.1, -0.05) is 54.6 Å². The second-order valence-corrected chi connectivity index (χ2v) is 10.7. The molecule has 0 radical (unpaired) electrons. The number of rotatable bonds is 9. The summed E-state index contributed by atoms with van der Waals surface area (Å²) < 4.78 is 19.0. The van der Waals surface area contributed by atoms with Gasteiger partial charge in [-0.05, 0) is 47.9 Å². The van der Waals surface area contributed by atoms with Gasteiger partial charge in [-0.15, -0.1) is 0 Å². The minimum absolute atomic E-state index is 0.227. The fourth-order valence-electron chi connectivity index (χ4n) is 6.36. The van der Waals surface area contributed by atoms with E-state index in [4.69, 9.17) is 14.2 Å². The Kier molecular flexibility index (Phi) is 7.99. The molecular formula is C33H33N3O7. The Labute approximate surface area is 248 Å². The maximum absolute atomic E-state index is 13.9. The van der Waals surface area contributed by atoms with Crippen LogP contribution in [0.25, 0.3) is 0 Å². The number of aromatic amines is 1. The predicted octanol–water partition coefficient (Wildman–Crippen LogP) is 2.98. The minimum Gasteiger partial charge on any atom is -0.497 e. The number of nitrogens with zero attached hydrogens (tertiary/aromatic N) is 2. The van der Waals surface area contributed by atoms with Crippen molar-refractivity contribution in [2.75, 3.05) is 20.8 Å². The lowest BCUT2D eigenvalue weighted by Gasteiger charge is -2.50. The van der Waals surface area contributed by atoms with Crippen LogP contribution in [0.1, 0.15) is 35.1 Å². The number of methoxy groups -OCH3 is 2. The van der Waals surface area contributed by atoms with Crippen LogP contribution in [0.2, 0.25) is 0 Å². The van der Waals surface area contributed by atoms with Gasteiger partial charge in [0.05, 0.1) is 38.7 Å². The summed E-state index contributed by atoms with van der Waals surface area (Å²) in [5.74, 6) is 1.18. The summed E-state index contributed by atoms with van der Waals surface area (Å²) in [6, 6.07) is 25.9. The summed E-state index contributed by atoms with van der Waals surface area (Å²) in [6.45, 7) is 0.931. The summed E-state index contributed by atoms with van der Waals surface area (Å²) >= 11 is 0. The lowest BCUT2D eigenvalue weighted by atomic mass is 9.60. The fraction of sp³-hybridized carbons (Fsp3) is 0.303. The van der Waals surface area contributed by atoms with Gasteiger partial charge in [-0.25, -0.2) is 4.79 Å². The largest absolute Gasteiger partial charge is 0.497 e. The summed E-state index contributed by atoms with van der Waals surface area (Å²) in [7, 11) is 3.11. The number of aliphatic hydroxyl groups is 2. The summed E-state index contributed by atoms with van der Waals surface area (Å²) in [4.78, 5) is 28.8. The molecule has 1 fully saturated rings. The van der Waals surface area contributed by atoms with Crippen molar-refractivity contribution in [3.05, 3.63) is 128 Å². The van der Waals surface area contributed by atoms with Crippen molar-refractivity contribution >= 4 is 0 Å². The zero-order chi connectivity index (χ0) is 30.8. The molecule has 0 spiro atoms. The summed E-state index contributed by atoms with van der Waals surface area (Å²) in [6.07, 6.45) is -0.534. The number of ether oxygens (including phenoxy) is 3. The van der Waals surface area contributed by atoms with Gasteiger partial charge in [0.1, 0.15) is 23.2 Å². The molecule has 10 nitrogen and oxygen atoms in total. The van der Waals surface area contributed by atoms with Crippen LogP contribution in [0.3, 0.4) is 0 Å². The fourth-order valence-corrected chi connectivity index (χ4v) is 6.36. The zero-order valence-corrected chi connectivity index (χ0v) is 24.1. The van der Waals surface area contributed by atoms with Gasteiger partial charge >= 0.3 is 5.69 Å². The second-order valence-electron chi connectivity index (χ2n) is 10.7. The first-order valence-electron chi connectivity index (χ1n) is 13.7. The Morgan fingerprint density at radius 2 is 1.51 bits per heavy atom. The van der Waals surface area contributed by atoms with Crippen LogP contribution in [0, 0.1) is 18.3 Å². The molecule has 0 unspecified atom stereocenters. The van der Waals surface area contributed by atoms with Crippen molar-refractivity contribution in [1.29, 1.82) is 5.26 Å². The molecule has 3 aromatic carbocycles. The topological polar surface area (TPSA) is 147 Å². The molecule has 4 aromatic rings. The van der Waals surface area contributed by atoms with Gasteiger partial charge in [0.15, 0.2) is 5.72 Å². The molecular weight excluding hydrogens is 550 g/mol. The third-order valence-corrected chi connectivity index (χ3v) is 8.38. The van der Waals surface area contributed by atoms with Crippen molar-refractivity contribution in [2.24, 2.45) is 0 Å². The number of aryl methyl sites for hydroxylation is 1. The molecule has 1 saturated heterocycles. The van der Waals surface area contributed by atoms with E-state index in [1.165, 1.54) is 10.8 Å². The van der Waals surface area contributed by atoms with Crippen molar-refractivity contribution in [1.82, 2.24) is 9.55 Å². The van der Waals surface area contributed by atoms with E-state index < -0.39 is 40.7 Å². The monoisotopic (exact) mass is 583 g/mol. The first kappa shape index (κ1) is 29.8. The molecule has 3 N–H and O–H groups in total. The quantitative estimate of drug-likeness (QED) is 0.255. The van der Waals surface area contributed by atoms with Gasteiger partial charge in [-0.2, -0.15) is 5.26 Å². The van der Waals surface area contributed by atoms with E-state index in [0.717, 1.165) is 0 Å². The number of hydrogen-bond donors (Lipinski definition) is 3. The smallest absolute Gasteiger partial charge is 0.330 e. The van der Waals surface area contributed by atoms with Gasteiger partial charge in [0.25, 0.3) is 5.56 Å². The summed E-state index contributed by atoms with van der Waals surface area (Å²) in [5, 5.41) is 32.3. The SMILES string of the molecule is COc1ccc(C(c2ccccc2)(c2ccc(OC)cc2)[C@]2(n3cc(C)c(=O)[nH]c3=O)C[C@@](O)(CC#N)[C@@H](CO)O2)cc1. The minimum atomic E-state index is -1.87. The van der Waals surface area contributed by atoms with E-state index in [2.05, 4.69) is 4.98 Å². The highest BCUT2D eigenvalue weighted by Gasteiger charge is 2.67. The number of nitriles is 1. The molecule has 1 aliphatic heterocycles. The van der Waals surface area contributed by atoms with E-state index in [9.17, 15) is 25.1 Å². The molecule has 2 heterocycles. The normalized spacial score (nSPS) is 21.7. The number of H-pyrrole nitrogens is 1. The molecule has 222 valence electrons. The maximum Gasteiger partial charge on any atom is 0.330 e. The van der Waals surface area contributed by atoms with E-state index >= 15 is 0 Å². The highest BCUT2D eigenvalue weighted by molar-refractivity contribution is 5.55. The van der Waals surface area contributed by atoms with Crippen molar-refractivity contribution in [3.63, 3.8) is 0 Å². The first-order chi connectivity index (χ1) is 20.7. The molecule has 0 amide bonds. The van der Waals surface area contributed by atoms with Crippen LogP contribution in [-0.2, 0) is 15.9 Å². The molecule has 10 heteroatoms. The highest BCUT2D eigenvalue weighted by atomic mass is 16.6. The van der Waals surface area contributed by atoms with Crippen LogP contribution in [-0.4, -0.2) is 52.3 Å². The number of nitrogens with one attached hydrogen (secondary N) is 1. The maximum atomic E-state index is 13.9. The Morgan fingerprint density at radius 1 is 0.977 bits per heavy atom. The molecule has 0 aliphatic carbocycles. The number of aliphatic hydroxyl groups excluding tert-OH is 1. The molecule has 1 aromatic heterocycles. The number of benzene rings is 3. The average molecular weight is 584 g/mol. The third-order valence-electron chi connectivity index (χ3n) is 8.38. The van der Waals surface area contributed by atoms with Gasteiger partial charge in [-0.3, -0.25) is 14.3 Å². The van der Waals surface area contributed by atoms with E-state index in [0.29, 0.717) is 28.2 Å². The van der Waals surface area contributed by atoms with Crippen LogP contribution in [0.5, 0.6) is 11.5 Å². The van der Waals surface area contributed by atoms with Gasteiger partial charge in [0, 0.05) is 18.2 Å². The zero-order valence-electron chi connectivity index (χ0n) is 24.1. The highest BCUT2D eigenvalue weighted by Crippen LogP contribution is 2.59. The molecule has 0 bridgehead atoms. The molecule has 3 atom stereocenters. The predicted molar refractivity (Wildman–Crippen MR) is 158 cm³/mol. The standard InChI is InChI=1S/C33H33N3O7/c1-22-19-36(30(39)35-29(22)38)32(21-31(40,17-18-34)28(20-37)43-32)33(23-7-5-4-6-8-23,24-9-13-26(41-2)14-10-24)25-11-15-27(42-3)16-12-25/h4-16,19,28,37,40H,17,20-21H2,1-3H3,(H,35,38,39)/t28-,31+,32+/m1/s1. The Balaban J connectivity index is 2.03. The molecule has 5 rings (SSSR count). The molecule has 1 aliphatic rings. The number of aromatic nitrogens is 2. The number of hydrogen-bond acceptors (Lipinski definition) is 8. The van der Waals surface area contributed by atoms with Crippen LogP contribution in [0.15, 0.2) is 94.6 Å². The first-order valence-corrected chi connectivity index (χ1v) is 13.7. The lowest BCUT2D eigenvalue weighted by molar-refractivity contribution is -0.153. The average Bonchev–Trinajstić information content (AvgIpc) is 3.33. The lowest BCUT2D eigenvalue weighted by Crippen LogP contribution is -2.59. The second kappa shape index (κ2) is 11.5. The van der Waals surface area contributed by atoms with Crippen molar-refractivity contribution in [3.8, 4) is 17.6 Å². The Morgan fingerprint density at radius 3 is 2.00 bits per heavy atom. The van der Waals surface area contributed by atoms with Crippen LogP contribution in [0.4, 0.5) is 0 Å². The van der Waals surface area contributed by atoms with Gasteiger partial charge < -0.3 is 24.4 Å². The molecule has 43 heavy (non-hydrogen) atoms. The van der Waals surface area contributed by atoms with Gasteiger partial charge in [0.2, 0.25) is 0 Å². The molecule has 0 saturated carbocycles. The Hall–Kier alpha value is -4.69. The van der Waals surface area contributed by atoms with E-state index in [1.807, 2.05) is 60.7 Å². The van der Waals surface area contributed by atoms with Crippen LogP contribution >= 0.6 is 0 Å². The van der Waals surface area contributed by atoms with E-state index in [-0.39, 0.29) is 18.4 Å². The van der Waals surface area contributed by atoms with E-state index in [1.54, 1.807) is 45.4 Å². The van der Waals surface area contributed by atoms with Crippen LogP contribution < -0.4 is 20.7 Å². The third kappa shape index (κ3) is 4.72. The van der Waals surface area contributed by atoms with Crippen molar-refractivity contribution in [2.45, 2.75) is 42.6 Å². The summed E-state index contributed by atoms with van der Waals surface area (Å²) in [5.41, 5.74) is -4.26. The Bertz CT molecular complexity index is 1700. The van der Waals surface area contributed by atoms with Crippen molar-refractivity contribution < 1.29 is 24.4 Å².